The monoisotopic (exact) mass is 224 g/mol. The van der Waals surface area contributed by atoms with E-state index in [1.165, 1.54) is 13.3 Å². The molecule has 0 saturated heterocycles. The molecule has 5 nitrogen and oxygen atoms in total. The van der Waals surface area contributed by atoms with Crippen molar-refractivity contribution in [2.24, 2.45) is 18.1 Å². The molecule has 0 spiro atoms. The highest BCUT2D eigenvalue weighted by Crippen LogP contribution is 2.28. The van der Waals surface area contributed by atoms with E-state index in [1.807, 2.05) is 0 Å². The Hall–Kier alpha value is -1.72. The molecule has 1 aromatic rings. The molecule has 1 amide bonds. The minimum absolute atomic E-state index is 0.0944. The fraction of sp³-hybridized carbons (Fsp3) is 0.500. The molecule has 1 aliphatic rings. The summed E-state index contributed by atoms with van der Waals surface area (Å²) in [7, 11) is 1.52. The molecule has 1 aliphatic carbocycles. The maximum atomic E-state index is 13.4. The number of hydrazone groups is 1. The minimum Gasteiger partial charge on any atom is -0.273 e. The van der Waals surface area contributed by atoms with Crippen LogP contribution >= 0.6 is 0 Å². The van der Waals surface area contributed by atoms with Gasteiger partial charge in [-0.2, -0.15) is 14.6 Å². The number of amides is 1. The molecule has 1 N–H and O–H groups in total. The topological polar surface area (TPSA) is 59.3 Å². The first-order valence-electron chi connectivity index (χ1n) is 5.11. The third-order valence-corrected chi connectivity index (χ3v) is 2.51. The molecule has 1 aromatic heterocycles. The van der Waals surface area contributed by atoms with E-state index in [2.05, 4.69) is 15.6 Å². The van der Waals surface area contributed by atoms with Gasteiger partial charge in [0.15, 0.2) is 0 Å². The summed E-state index contributed by atoms with van der Waals surface area (Å²) >= 11 is 0. The number of hydrogen-bond donors (Lipinski definition) is 1. The normalized spacial score (nSPS) is 15.7. The van der Waals surface area contributed by atoms with Crippen molar-refractivity contribution < 1.29 is 9.18 Å². The van der Waals surface area contributed by atoms with E-state index in [0.29, 0.717) is 11.3 Å². The van der Waals surface area contributed by atoms with Crippen LogP contribution < -0.4 is 5.43 Å². The van der Waals surface area contributed by atoms with Gasteiger partial charge >= 0.3 is 0 Å². The van der Waals surface area contributed by atoms with E-state index >= 15 is 0 Å². The summed E-state index contributed by atoms with van der Waals surface area (Å²) in [6.07, 6.45) is 3.13. The van der Waals surface area contributed by atoms with Gasteiger partial charge in [-0.15, -0.1) is 0 Å². The number of carbonyl (C=O) groups is 1. The smallest absolute Gasteiger partial charge is 0.243 e. The van der Waals surface area contributed by atoms with Gasteiger partial charge in [0.05, 0.1) is 17.5 Å². The summed E-state index contributed by atoms with van der Waals surface area (Å²) in [5.41, 5.74) is 3.23. The van der Waals surface area contributed by atoms with Gasteiger partial charge in [0.25, 0.3) is 0 Å². The SMILES string of the molecule is Cc1nn(C)c(F)c1/C=N\NC(=O)C1CC1. The lowest BCUT2D eigenvalue weighted by Crippen LogP contribution is -2.19. The zero-order chi connectivity index (χ0) is 11.7. The first kappa shape index (κ1) is 10.8. The molecule has 1 saturated carbocycles. The van der Waals surface area contributed by atoms with Crippen LogP contribution in [-0.2, 0) is 11.8 Å². The molecule has 0 aromatic carbocycles. The van der Waals surface area contributed by atoms with Crippen LogP contribution in [-0.4, -0.2) is 21.9 Å². The van der Waals surface area contributed by atoms with Crippen molar-refractivity contribution in [3.63, 3.8) is 0 Å². The summed E-state index contributed by atoms with van der Waals surface area (Å²) in [6.45, 7) is 1.69. The third kappa shape index (κ3) is 2.10. The first-order chi connectivity index (χ1) is 7.59. The second kappa shape index (κ2) is 4.03. The van der Waals surface area contributed by atoms with E-state index in [0.717, 1.165) is 17.5 Å². The molecular formula is C10H13FN4O. The molecule has 1 fully saturated rings. The van der Waals surface area contributed by atoms with E-state index in [9.17, 15) is 9.18 Å². The first-order valence-corrected chi connectivity index (χ1v) is 5.11. The summed E-state index contributed by atoms with van der Waals surface area (Å²) in [4.78, 5) is 11.2. The number of nitrogens with one attached hydrogen (secondary N) is 1. The Bertz CT molecular complexity index is 448. The van der Waals surface area contributed by atoms with E-state index in [-0.39, 0.29) is 11.8 Å². The predicted octanol–water partition coefficient (Wildman–Crippen LogP) is 0.728. The number of hydrogen-bond acceptors (Lipinski definition) is 3. The molecular weight excluding hydrogens is 211 g/mol. The number of aromatic nitrogens is 2. The molecule has 0 aliphatic heterocycles. The number of rotatable bonds is 3. The Kier molecular flexibility index (Phi) is 2.72. The Balaban J connectivity index is 2.02. The average molecular weight is 224 g/mol. The summed E-state index contributed by atoms with van der Waals surface area (Å²) < 4.78 is 14.6. The van der Waals surface area contributed by atoms with Crippen LogP contribution in [0.3, 0.4) is 0 Å². The molecule has 0 unspecified atom stereocenters. The average Bonchev–Trinajstić information content (AvgIpc) is 3.02. The van der Waals surface area contributed by atoms with Crippen molar-refractivity contribution in [3.05, 3.63) is 17.2 Å². The minimum atomic E-state index is -0.457. The zero-order valence-electron chi connectivity index (χ0n) is 9.20. The van der Waals surface area contributed by atoms with Gasteiger partial charge in [0.2, 0.25) is 11.9 Å². The summed E-state index contributed by atoms with van der Waals surface area (Å²) in [5, 5.41) is 7.61. The van der Waals surface area contributed by atoms with Crippen LogP contribution in [0.15, 0.2) is 5.10 Å². The zero-order valence-corrected chi connectivity index (χ0v) is 9.20. The maximum absolute atomic E-state index is 13.4. The standard InChI is InChI=1S/C10H13FN4O/c1-6-8(9(11)15(2)14-6)5-12-13-10(16)7-3-4-7/h5,7H,3-4H2,1-2H3,(H,13,16)/b12-5-. The van der Waals surface area contributed by atoms with Crippen LogP contribution in [0.5, 0.6) is 0 Å². The molecule has 2 rings (SSSR count). The number of aryl methyl sites for hydroxylation is 2. The lowest BCUT2D eigenvalue weighted by atomic mass is 10.3. The van der Waals surface area contributed by atoms with Gasteiger partial charge in [-0.3, -0.25) is 4.79 Å². The van der Waals surface area contributed by atoms with Crippen LogP contribution in [0.2, 0.25) is 0 Å². The van der Waals surface area contributed by atoms with E-state index in [1.54, 1.807) is 6.92 Å². The summed E-state index contributed by atoms with van der Waals surface area (Å²) in [5.74, 6) is -0.461. The third-order valence-electron chi connectivity index (χ3n) is 2.51. The van der Waals surface area contributed by atoms with Gasteiger partial charge in [-0.1, -0.05) is 0 Å². The highest BCUT2D eigenvalue weighted by atomic mass is 19.1. The van der Waals surface area contributed by atoms with Crippen LogP contribution in [0.4, 0.5) is 4.39 Å². The van der Waals surface area contributed by atoms with Crippen LogP contribution in [0, 0.1) is 18.8 Å². The highest BCUT2D eigenvalue weighted by Gasteiger charge is 2.29. The fourth-order valence-electron chi connectivity index (χ4n) is 1.39. The predicted molar refractivity (Wildman–Crippen MR) is 56.4 cm³/mol. The van der Waals surface area contributed by atoms with Crippen LogP contribution in [0.1, 0.15) is 24.1 Å². The molecule has 86 valence electrons. The van der Waals surface area contributed by atoms with Gasteiger partial charge < -0.3 is 0 Å². The van der Waals surface area contributed by atoms with Gasteiger partial charge in [-0.25, -0.2) is 10.1 Å². The Labute approximate surface area is 92.3 Å². The van der Waals surface area contributed by atoms with Gasteiger partial charge in [-0.05, 0) is 19.8 Å². The Morgan fingerprint density at radius 2 is 2.38 bits per heavy atom. The highest BCUT2D eigenvalue weighted by molar-refractivity contribution is 5.85. The van der Waals surface area contributed by atoms with Crippen LogP contribution in [0.25, 0.3) is 0 Å². The van der Waals surface area contributed by atoms with E-state index < -0.39 is 5.95 Å². The second-order valence-electron chi connectivity index (χ2n) is 3.92. The van der Waals surface area contributed by atoms with Crippen molar-refractivity contribution in [1.82, 2.24) is 15.2 Å². The van der Waals surface area contributed by atoms with Crippen molar-refractivity contribution in [2.45, 2.75) is 19.8 Å². The largest absolute Gasteiger partial charge is 0.273 e. The number of halogens is 1. The van der Waals surface area contributed by atoms with E-state index in [4.69, 9.17) is 0 Å². The van der Waals surface area contributed by atoms with Crippen molar-refractivity contribution in [1.29, 1.82) is 0 Å². The molecule has 1 heterocycles. The Morgan fingerprint density at radius 3 is 2.88 bits per heavy atom. The molecule has 6 heteroatoms. The Morgan fingerprint density at radius 1 is 1.69 bits per heavy atom. The second-order valence-corrected chi connectivity index (χ2v) is 3.92. The quantitative estimate of drug-likeness (QED) is 0.607. The molecule has 0 radical (unpaired) electrons. The molecule has 0 atom stereocenters. The maximum Gasteiger partial charge on any atom is 0.243 e. The lowest BCUT2D eigenvalue weighted by molar-refractivity contribution is -0.122. The number of nitrogens with zero attached hydrogens (tertiary/aromatic N) is 3. The van der Waals surface area contributed by atoms with Crippen molar-refractivity contribution >= 4 is 12.1 Å². The van der Waals surface area contributed by atoms with Gasteiger partial charge in [0, 0.05) is 13.0 Å². The molecule has 0 bridgehead atoms. The van der Waals surface area contributed by atoms with Crippen molar-refractivity contribution in [2.75, 3.05) is 0 Å². The molecule has 16 heavy (non-hydrogen) atoms. The van der Waals surface area contributed by atoms with Crippen molar-refractivity contribution in [3.8, 4) is 0 Å². The van der Waals surface area contributed by atoms with Gasteiger partial charge in [0.1, 0.15) is 0 Å². The number of carbonyl (C=O) groups excluding carboxylic acids is 1. The fourth-order valence-corrected chi connectivity index (χ4v) is 1.39. The lowest BCUT2D eigenvalue weighted by Gasteiger charge is -1.95. The summed E-state index contributed by atoms with van der Waals surface area (Å²) in [6, 6.07) is 0.